The number of benzene rings is 1. The summed E-state index contributed by atoms with van der Waals surface area (Å²) in [5.41, 5.74) is 4.03. The number of nitriles is 1. The molecule has 0 saturated heterocycles. The van der Waals surface area contributed by atoms with Gasteiger partial charge in [0.05, 0.1) is 12.1 Å². The smallest absolute Gasteiger partial charge is 0.0958 e. The molecular weight excluding hydrogens is 228 g/mol. The third kappa shape index (κ3) is 5.25. The van der Waals surface area contributed by atoms with E-state index in [1.807, 2.05) is 18.8 Å². The zero-order valence-corrected chi connectivity index (χ0v) is 11.6. The van der Waals surface area contributed by atoms with Crippen molar-refractivity contribution in [2.75, 3.05) is 12.8 Å². The van der Waals surface area contributed by atoms with Crippen LogP contribution in [0.2, 0.25) is 0 Å². The summed E-state index contributed by atoms with van der Waals surface area (Å²) in [6, 6.07) is 8.90. The lowest BCUT2D eigenvalue weighted by Gasteiger charge is -2.08. The second kappa shape index (κ2) is 7.37. The highest BCUT2D eigenvalue weighted by molar-refractivity contribution is 7.98. The van der Waals surface area contributed by atoms with E-state index in [9.17, 15) is 0 Å². The number of thioether (sulfide) groups is 1. The summed E-state index contributed by atoms with van der Waals surface area (Å²) in [7, 11) is 1.84. The van der Waals surface area contributed by atoms with Gasteiger partial charge in [0, 0.05) is 5.75 Å². The molecule has 2 nitrogen and oxygen atoms in total. The lowest BCUT2D eigenvalue weighted by molar-refractivity contribution is 0.663. The first kappa shape index (κ1) is 14.1. The zero-order valence-electron chi connectivity index (χ0n) is 10.8. The molecule has 1 N–H and O–H groups in total. The normalized spacial score (nSPS) is 12.1. The third-order valence-electron chi connectivity index (χ3n) is 2.61. The van der Waals surface area contributed by atoms with Gasteiger partial charge in [-0.2, -0.15) is 17.0 Å². The van der Waals surface area contributed by atoms with Crippen LogP contribution in [0.15, 0.2) is 18.2 Å². The first-order valence-electron chi connectivity index (χ1n) is 5.87. The molecule has 0 aliphatic heterocycles. The molecule has 1 aromatic carbocycles. The maximum atomic E-state index is 8.79. The Morgan fingerprint density at radius 3 is 2.47 bits per heavy atom. The molecule has 1 atom stereocenters. The molecule has 0 radical (unpaired) electrons. The van der Waals surface area contributed by atoms with Crippen molar-refractivity contribution in [3.05, 3.63) is 34.9 Å². The van der Waals surface area contributed by atoms with Crippen molar-refractivity contribution < 1.29 is 0 Å². The van der Waals surface area contributed by atoms with E-state index < -0.39 is 0 Å². The topological polar surface area (TPSA) is 35.8 Å². The van der Waals surface area contributed by atoms with Crippen molar-refractivity contribution in [3.63, 3.8) is 0 Å². The Morgan fingerprint density at radius 2 is 1.94 bits per heavy atom. The monoisotopic (exact) mass is 248 g/mol. The van der Waals surface area contributed by atoms with Crippen LogP contribution >= 0.6 is 11.8 Å². The minimum absolute atomic E-state index is 0.0123. The predicted octanol–water partition coefficient (Wildman–Crippen LogP) is 3.04. The zero-order chi connectivity index (χ0) is 12.7. The molecular formula is C14H20N2S. The van der Waals surface area contributed by atoms with Crippen LogP contribution in [0.4, 0.5) is 0 Å². The molecule has 0 heterocycles. The third-order valence-corrected chi connectivity index (χ3v) is 3.67. The molecule has 92 valence electrons. The van der Waals surface area contributed by atoms with Crippen LogP contribution in [0, 0.1) is 25.2 Å². The van der Waals surface area contributed by atoms with E-state index in [0.717, 1.165) is 17.9 Å². The van der Waals surface area contributed by atoms with Crippen molar-refractivity contribution in [1.82, 2.24) is 5.32 Å². The number of hydrogen-bond acceptors (Lipinski definition) is 3. The summed E-state index contributed by atoms with van der Waals surface area (Å²) in [6.07, 6.45) is 0.905. The summed E-state index contributed by atoms with van der Waals surface area (Å²) < 4.78 is 0. The quantitative estimate of drug-likeness (QED) is 0.786. The molecule has 0 aliphatic carbocycles. The SMILES string of the molecule is CNC(C#N)CCSCc1cc(C)cc(C)c1. The molecule has 0 aromatic heterocycles. The van der Waals surface area contributed by atoms with Crippen LogP contribution in [0.3, 0.4) is 0 Å². The van der Waals surface area contributed by atoms with Gasteiger partial charge in [-0.1, -0.05) is 29.3 Å². The molecule has 1 aromatic rings. The molecule has 1 unspecified atom stereocenters. The minimum Gasteiger partial charge on any atom is -0.305 e. The van der Waals surface area contributed by atoms with Crippen molar-refractivity contribution >= 4 is 11.8 Å². The Labute approximate surface area is 108 Å². The Kier molecular flexibility index (Phi) is 6.10. The van der Waals surface area contributed by atoms with Gasteiger partial charge < -0.3 is 5.32 Å². The van der Waals surface area contributed by atoms with Crippen LogP contribution in [0.1, 0.15) is 23.1 Å². The summed E-state index contributed by atoms with van der Waals surface area (Å²) in [6.45, 7) is 4.27. The van der Waals surface area contributed by atoms with Crippen molar-refractivity contribution in [2.24, 2.45) is 0 Å². The molecule has 0 fully saturated rings. The fraction of sp³-hybridized carbons (Fsp3) is 0.500. The number of nitrogens with zero attached hydrogens (tertiary/aromatic N) is 1. The van der Waals surface area contributed by atoms with Crippen molar-refractivity contribution in [3.8, 4) is 6.07 Å². The van der Waals surface area contributed by atoms with Crippen molar-refractivity contribution in [2.45, 2.75) is 32.1 Å². The van der Waals surface area contributed by atoms with Crippen LogP contribution in [0.25, 0.3) is 0 Å². The first-order chi connectivity index (χ1) is 8.15. The van der Waals surface area contributed by atoms with Gasteiger partial charge in [0.1, 0.15) is 0 Å². The van der Waals surface area contributed by atoms with Gasteiger partial charge in [0.25, 0.3) is 0 Å². The van der Waals surface area contributed by atoms with Gasteiger partial charge in [-0.3, -0.25) is 0 Å². The predicted molar refractivity (Wildman–Crippen MR) is 75.2 cm³/mol. The van der Waals surface area contributed by atoms with Crippen LogP contribution in [-0.2, 0) is 5.75 Å². The number of rotatable bonds is 6. The summed E-state index contributed by atoms with van der Waals surface area (Å²) in [5.74, 6) is 2.05. The Balaban J connectivity index is 2.34. The van der Waals surface area contributed by atoms with Gasteiger partial charge in [-0.25, -0.2) is 0 Å². The number of hydrogen-bond donors (Lipinski definition) is 1. The van der Waals surface area contributed by atoms with Crippen LogP contribution in [0.5, 0.6) is 0 Å². The van der Waals surface area contributed by atoms with E-state index in [2.05, 4.69) is 43.4 Å². The minimum atomic E-state index is -0.0123. The maximum Gasteiger partial charge on any atom is 0.0958 e. The molecule has 17 heavy (non-hydrogen) atoms. The second-order valence-corrected chi connectivity index (χ2v) is 5.41. The summed E-state index contributed by atoms with van der Waals surface area (Å²) in [4.78, 5) is 0. The standard InChI is InChI=1S/C14H20N2S/c1-11-6-12(2)8-13(7-11)10-17-5-4-14(9-15)16-3/h6-8,14,16H,4-5,10H2,1-3H3. The van der Waals surface area contributed by atoms with Gasteiger partial charge in [0.2, 0.25) is 0 Å². The highest BCUT2D eigenvalue weighted by Gasteiger charge is 2.03. The van der Waals surface area contributed by atoms with E-state index in [0.29, 0.717) is 0 Å². The second-order valence-electron chi connectivity index (χ2n) is 4.31. The fourth-order valence-electron chi connectivity index (χ4n) is 1.82. The van der Waals surface area contributed by atoms with E-state index >= 15 is 0 Å². The average Bonchev–Trinajstić information content (AvgIpc) is 2.28. The summed E-state index contributed by atoms with van der Waals surface area (Å²) >= 11 is 1.89. The van der Waals surface area contributed by atoms with Gasteiger partial charge in [0.15, 0.2) is 0 Å². The van der Waals surface area contributed by atoms with Gasteiger partial charge in [-0.15, -0.1) is 0 Å². The Bertz CT molecular complexity index is 375. The highest BCUT2D eigenvalue weighted by atomic mass is 32.2. The van der Waals surface area contributed by atoms with Crippen LogP contribution < -0.4 is 5.32 Å². The van der Waals surface area contributed by atoms with E-state index in [1.165, 1.54) is 16.7 Å². The average molecular weight is 248 g/mol. The van der Waals surface area contributed by atoms with Gasteiger partial charge >= 0.3 is 0 Å². The highest BCUT2D eigenvalue weighted by Crippen LogP contribution is 2.16. The van der Waals surface area contributed by atoms with Crippen molar-refractivity contribution in [1.29, 1.82) is 5.26 Å². The fourth-order valence-corrected chi connectivity index (χ4v) is 2.77. The number of nitrogens with one attached hydrogen (secondary N) is 1. The van der Waals surface area contributed by atoms with E-state index in [-0.39, 0.29) is 6.04 Å². The van der Waals surface area contributed by atoms with Crippen LogP contribution in [-0.4, -0.2) is 18.8 Å². The lowest BCUT2D eigenvalue weighted by atomic mass is 10.1. The molecule has 0 saturated carbocycles. The molecule has 3 heteroatoms. The molecule has 1 rings (SSSR count). The molecule has 0 amide bonds. The van der Waals surface area contributed by atoms with E-state index in [4.69, 9.17) is 5.26 Å². The molecule has 0 bridgehead atoms. The first-order valence-corrected chi connectivity index (χ1v) is 7.03. The Hall–Kier alpha value is -0.980. The largest absolute Gasteiger partial charge is 0.305 e. The summed E-state index contributed by atoms with van der Waals surface area (Å²) in [5, 5.41) is 11.8. The molecule has 0 aliphatic rings. The number of aryl methyl sites for hydroxylation is 2. The van der Waals surface area contributed by atoms with E-state index in [1.54, 1.807) is 0 Å². The molecule has 0 spiro atoms. The van der Waals surface area contributed by atoms with Gasteiger partial charge in [-0.05, 0) is 38.6 Å². The Morgan fingerprint density at radius 1 is 1.29 bits per heavy atom. The lowest BCUT2D eigenvalue weighted by Crippen LogP contribution is -2.23. The maximum absolute atomic E-state index is 8.79.